The smallest absolute Gasteiger partial charge is 0.493 e. The fourth-order valence-electron chi connectivity index (χ4n) is 5.85. The number of para-hydroxylation sites is 1. The van der Waals surface area contributed by atoms with Gasteiger partial charge in [0.1, 0.15) is 0 Å². The summed E-state index contributed by atoms with van der Waals surface area (Å²) in [5, 5.41) is 11.5. The van der Waals surface area contributed by atoms with Gasteiger partial charge in [-0.1, -0.05) is 67.7 Å². The number of methoxy groups -OCH3 is 3. The summed E-state index contributed by atoms with van der Waals surface area (Å²) in [6.45, 7) is 4.55. The Morgan fingerprint density at radius 1 is 0.667 bits per heavy atom. The predicted molar refractivity (Wildman–Crippen MR) is 219 cm³/mol. The number of hydrazone groups is 2. The highest BCUT2D eigenvalue weighted by Gasteiger charge is 2.34. The van der Waals surface area contributed by atoms with Crippen molar-refractivity contribution in [1.82, 2.24) is 10.0 Å². The van der Waals surface area contributed by atoms with Crippen molar-refractivity contribution in [2.24, 2.45) is 10.2 Å². The Hall–Kier alpha value is -5.55. The molecule has 17 heteroatoms. The highest BCUT2D eigenvalue weighted by Crippen LogP contribution is 2.37. The van der Waals surface area contributed by atoms with E-state index in [0.717, 1.165) is 40.6 Å². The van der Waals surface area contributed by atoms with E-state index in [2.05, 4.69) is 14.9 Å². The van der Waals surface area contributed by atoms with Gasteiger partial charge in [0.2, 0.25) is 0 Å². The van der Waals surface area contributed by atoms with Gasteiger partial charge in [0.25, 0.3) is 0 Å². The monoisotopic (exact) mass is 824 g/mol. The molecule has 302 valence electrons. The highest BCUT2D eigenvalue weighted by molar-refractivity contribution is 8.15. The lowest BCUT2D eigenvalue weighted by atomic mass is 10.0. The van der Waals surface area contributed by atoms with Crippen LogP contribution in [-0.2, 0) is 13.1 Å². The largest absolute Gasteiger partial charge is 0.573 e. The fraction of sp³-hybridized carbons (Fsp3) is 0.300. The lowest BCUT2D eigenvalue weighted by molar-refractivity contribution is -0.275. The van der Waals surface area contributed by atoms with E-state index in [1.54, 1.807) is 38.5 Å². The molecule has 0 spiro atoms. The van der Waals surface area contributed by atoms with E-state index in [-0.39, 0.29) is 33.3 Å². The van der Waals surface area contributed by atoms with Crippen LogP contribution in [0.25, 0.3) is 0 Å². The van der Waals surface area contributed by atoms with Crippen molar-refractivity contribution < 1.29 is 41.7 Å². The summed E-state index contributed by atoms with van der Waals surface area (Å²) >= 11 is 2.42. The molecule has 2 aliphatic heterocycles. The number of benzene rings is 4. The van der Waals surface area contributed by atoms with Crippen molar-refractivity contribution in [3.05, 3.63) is 107 Å². The molecular formula is C40H43F3N6O6S2. The van der Waals surface area contributed by atoms with Gasteiger partial charge < -0.3 is 30.4 Å². The zero-order valence-corrected chi connectivity index (χ0v) is 33.5. The van der Waals surface area contributed by atoms with Crippen LogP contribution >= 0.6 is 23.5 Å². The fourth-order valence-corrected chi connectivity index (χ4v) is 7.72. The number of halogens is 3. The molecule has 0 saturated carbocycles. The molecule has 0 fully saturated rings. The number of nitrogens with zero attached hydrogens (tertiary/aromatic N) is 4. The van der Waals surface area contributed by atoms with Crippen LogP contribution in [-0.4, -0.2) is 70.1 Å². The van der Waals surface area contributed by atoms with Crippen molar-refractivity contribution >= 4 is 56.8 Å². The number of ether oxygens (including phenoxy) is 4. The van der Waals surface area contributed by atoms with Crippen molar-refractivity contribution in [3.8, 4) is 23.0 Å². The van der Waals surface area contributed by atoms with Crippen LogP contribution < -0.4 is 30.4 Å². The lowest BCUT2D eigenvalue weighted by Crippen LogP contribution is -2.35. The number of hydrogen-bond acceptors (Lipinski definition) is 12. The third-order valence-corrected chi connectivity index (χ3v) is 11.3. The minimum Gasteiger partial charge on any atom is -0.493 e. The molecule has 2 heterocycles. The maximum Gasteiger partial charge on any atom is 0.573 e. The molecule has 4 aromatic carbocycles. The van der Waals surface area contributed by atoms with Gasteiger partial charge in [-0.25, -0.2) is 10.0 Å². The van der Waals surface area contributed by atoms with Gasteiger partial charge in [0, 0.05) is 22.5 Å². The van der Waals surface area contributed by atoms with E-state index in [9.17, 15) is 22.8 Å². The molecule has 12 nitrogen and oxygen atoms in total. The summed E-state index contributed by atoms with van der Waals surface area (Å²) < 4.78 is 57.6. The molecule has 2 unspecified atom stereocenters. The van der Waals surface area contributed by atoms with E-state index < -0.39 is 12.1 Å². The van der Waals surface area contributed by atoms with Crippen LogP contribution in [0.3, 0.4) is 0 Å². The molecule has 2 aliphatic rings. The van der Waals surface area contributed by atoms with Gasteiger partial charge in [0.15, 0.2) is 23.0 Å². The summed E-state index contributed by atoms with van der Waals surface area (Å²) in [7, 11) is 4.46. The summed E-state index contributed by atoms with van der Waals surface area (Å²) in [5.74, 6) is 0.770. The van der Waals surface area contributed by atoms with Gasteiger partial charge in [-0.05, 0) is 78.6 Å². The predicted octanol–water partition coefficient (Wildman–Crippen LogP) is 9.17. The van der Waals surface area contributed by atoms with Crippen molar-refractivity contribution in [3.63, 3.8) is 0 Å². The number of carbonyl (C=O) groups excluding carboxylic acids is 2. The second-order valence-electron chi connectivity index (χ2n) is 12.6. The SMILES string of the molecule is CCC1SC(=O)N(Cc2ccc(N)cc2)N=C1c1ccc(OC(F)(F)F)c(OC)c1.CCC1SC(=O)N(Cc2ccccc2N)N=C1c1ccc(OC)c(OC)c1. The second-order valence-corrected chi connectivity index (χ2v) is 14.9. The number of hydrogen-bond donors (Lipinski definition) is 2. The number of rotatable bonds is 12. The van der Waals surface area contributed by atoms with Crippen LogP contribution in [0.15, 0.2) is 95.1 Å². The molecule has 2 amide bonds. The first kappa shape index (κ1) is 42.6. The second kappa shape index (κ2) is 19.1. The third kappa shape index (κ3) is 10.9. The first-order valence-corrected chi connectivity index (χ1v) is 19.5. The van der Waals surface area contributed by atoms with E-state index in [4.69, 9.17) is 25.7 Å². The van der Waals surface area contributed by atoms with Crippen LogP contribution in [0.2, 0.25) is 0 Å². The number of amides is 2. The Morgan fingerprint density at radius 3 is 1.65 bits per heavy atom. The highest BCUT2D eigenvalue weighted by atomic mass is 32.2. The van der Waals surface area contributed by atoms with E-state index in [1.165, 1.54) is 47.1 Å². The van der Waals surface area contributed by atoms with E-state index in [1.807, 2.05) is 56.3 Å². The Kier molecular flexibility index (Phi) is 14.2. The maximum atomic E-state index is 12.6. The number of nitrogens with two attached hydrogens (primary N) is 2. The Bertz CT molecular complexity index is 2120. The molecule has 0 aliphatic carbocycles. The van der Waals surface area contributed by atoms with Crippen LogP contribution in [0.5, 0.6) is 23.0 Å². The Labute approximate surface area is 337 Å². The average Bonchev–Trinajstić information content (AvgIpc) is 3.20. The van der Waals surface area contributed by atoms with E-state index >= 15 is 0 Å². The number of nitrogen functional groups attached to an aromatic ring is 2. The number of anilines is 2. The molecule has 0 saturated heterocycles. The number of alkyl halides is 3. The molecule has 0 aromatic heterocycles. The minimum absolute atomic E-state index is 0.0139. The van der Waals surface area contributed by atoms with Crippen molar-refractivity contribution in [2.75, 3.05) is 32.8 Å². The summed E-state index contributed by atoms with van der Waals surface area (Å²) in [6, 6.07) is 24.4. The van der Waals surface area contributed by atoms with E-state index in [0.29, 0.717) is 47.1 Å². The van der Waals surface area contributed by atoms with Crippen molar-refractivity contribution in [1.29, 1.82) is 0 Å². The number of thioether (sulfide) groups is 2. The quantitative estimate of drug-likeness (QED) is 0.132. The zero-order valence-electron chi connectivity index (χ0n) is 31.9. The molecule has 4 aromatic rings. The third-order valence-electron chi connectivity index (χ3n) is 8.77. The van der Waals surface area contributed by atoms with Crippen LogP contribution in [0.4, 0.5) is 34.1 Å². The maximum absolute atomic E-state index is 12.6. The molecule has 0 bridgehead atoms. The van der Waals surface area contributed by atoms with Crippen molar-refractivity contribution in [2.45, 2.75) is 56.6 Å². The topological polar surface area (TPSA) is 154 Å². The normalized spacial score (nSPS) is 16.9. The molecule has 4 N–H and O–H groups in total. The minimum atomic E-state index is -4.83. The standard InChI is InChI=1S/C20H20F3N3O3S.C20H23N3O3S/c1-3-17-18(13-6-9-15(16(10-13)28-2)29-20(21,22)23)25-26(19(27)30-17)11-12-4-7-14(24)8-5-12;1-4-18-19(13-9-10-16(25-2)17(11-13)26-3)22-23(20(24)27-18)12-14-7-5-6-8-15(14)21/h4-10,17H,3,11,24H2,1-2H3;5-11,18H,4,12,21H2,1-3H3. The zero-order chi connectivity index (χ0) is 41.3. The molecule has 57 heavy (non-hydrogen) atoms. The van der Waals surface area contributed by atoms with Crippen LogP contribution in [0, 0.1) is 0 Å². The first-order chi connectivity index (χ1) is 27.3. The average molecular weight is 825 g/mol. The lowest BCUT2D eigenvalue weighted by Gasteiger charge is -2.29. The van der Waals surface area contributed by atoms with Gasteiger partial charge in [-0.15, -0.1) is 13.2 Å². The van der Waals surface area contributed by atoms with Gasteiger partial charge in [-0.2, -0.15) is 10.2 Å². The molecule has 0 radical (unpaired) electrons. The van der Waals surface area contributed by atoms with Gasteiger partial charge in [0.05, 0.1) is 56.3 Å². The Balaban J connectivity index is 0.000000219. The molecular weight excluding hydrogens is 782 g/mol. The van der Waals surface area contributed by atoms with Crippen LogP contribution in [0.1, 0.15) is 48.9 Å². The molecule has 2 atom stereocenters. The first-order valence-electron chi connectivity index (χ1n) is 17.7. The summed E-state index contributed by atoms with van der Waals surface area (Å²) in [5.41, 5.74) is 17.6. The summed E-state index contributed by atoms with van der Waals surface area (Å²) in [6.07, 6.45) is -3.42. The number of carbonyl (C=O) groups is 2. The summed E-state index contributed by atoms with van der Waals surface area (Å²) in [4.78, 5) is 25.1. The van der Waals surface area contributed by atoms with Gasteiger partial charge >= 0.3 is 16.8 Å². The Morgan fingerprint density at radius 2 is 1.16 bits per heavy atom. The molecule has 6 rings (SSSR count). The van der Waals surface area contributed by atoms with Gasteiger partial charge in [-0.3, -0.25) is 9.59 Å².